The van der Waals surface area contributed by atoms with E-state index in [1.165, 1.54) is 5.56 Å². The number of ether oxygens (including phenoxy) is 1. The van der Waals surface area contributed by atoms with E-state index in [-0.39, 0.29) is 11.9 Å². The van der Waals surface area contributed by atoms with E-state index < -0.39 is 0 Å². The lowest BCUT2D eigenvalue weighted by Gasteiger charge is -2.32. The van der Waals surface area contributed by atoms with E-state index in [4.69, 9.17) is 4.74 Å². The molecule has 0 amide bonds. The van der Waals surface area contributed by atoms with Crippen molar-refractivity contribution in [2.75, 3.05) is 13.1 Å². The highest BCUT2D eigenvalue weighted by Gasteiger charge is 2.21. The van der Waals surface area contributed by atoms with E-state index >= 15 is 0 Å². The second kappa shape index (κ2) is 7.34. The second-order valence-electron chi connectivity index (χ2n) is 7.01. The number of aromatic nitrogens is 1. The highest BCUT2D eigenvalue weighted by atomic mass is 16.5. The first-order valence-electron chi connectivity index (χ1n) is 9.21. The minimum absolute atomic E-state index is 0.203. The standard InChI is InChI=1S/C22H24N2O2/c1-16-14-21(19-8-5-9-20(25)22(19)23-16)26-18-10-12-24(13-11-18)15-17-6-3-2-4-7-17/h2-9,14,18,25H,10-13,15H2,1H3. The Morgan fingerprint density at radius 2 is 1.85 bits per heavy atom. The van der Waals surface area contributed by atoms with E-state index in [9.17, 15) is 5.11 Å². The number of aromatic hydroxyl groups is 1. The zero-order valence-electron chi connectivity index (χ0n) is 15.1. The lowest BCUT2D eigenvalue weighted by molar-refractivity contribution is 0.0979. The zero-order valence-corrected chi connectivity index (χ0v) is 15.1. The number of nitrogens with zero attached hydrogens (tertiary/aromatic N) is 2. The molecule has 0 unspecified atom stereocenters. The lowest BCUT2D eigenvalue weighted by Crippen LogP contribution is -2.37. The first kappa shape index (κ1) is 16.9. The van der Waals surface area contributed by atoms with Gasteiger partial charge in [-0.2, -0.15) is 0 Å². The Bertz CT molecular complexity index is 887. The third-order valence-electron chi connectivity index (χ3n) is 4.99. The Hall–Kier alpha value is -2.59. The van der Waals surface area contributed by atoms with Crippen LogP contribution in [0.15, 0.2) is 54.6 Å². The molecule has 0 bridgehead atoms. The van der Waals surface area contributed by atoms with Crippen molar-refractivity contribution < 1.29 is 9.84 Å². The molecule has 2 aromatic carbocycles. The predicted octanol–water partition coefficient (Wildman–Crippen LogP) is 4.29. The molecule has 0 saturated carbocycles. The van der Waals surface area contributed by atoms with Gasteiger partial charge in [0, 0.05) is 36.8 Å². The van der Waals surface area contributed by atoms with E-state index in [1.54, 1.807) is 6.07 Å². The minimum atomic E-state index is 0.203. The number of aryl methyl sites for hydroxylation is 1. The molecule has 1 N–H and O–H groups in total. The van der Waals surface area contributed by atoms with Gasteiger partial charge in [0.2, 0.25) is 0 Å². The molecule has 0 aliphatic carbocycles. The van der Waals surface area contributed by atoms with Crippen LogP contribution in [0, 0.1) is 6.92 Å². The van der Waals surface area contributed by atoms with Gasteiger partial charge in [-0.15, -0.1) is 0 Å². The summed E-state index contributed by atoms with van der Waals surface area (Å²) in [5.74, 6) is 1.03. The number of pyridine rings is 1. The van der Waals surface area contributed by atoms with Gasteiger partial charge >= 0.3 is 0 Å². The van der Waals surface area contributed by atoms with Crippen molar-refractivity contribution in [2.45, 2.75) is 32.4 Å². The summed E-state index contributed by atoms with van der Waals surface area (Å²) in [6.07, 6.45) is 2.22. The zero-order chi connectivity index (χ0) is 17.9. The highest BCUT2D eigenvalue weighted by Crippen LogP contribution is 2.32. The van der Waals surface area contributed by atoms with Gasteiger partial charge in [0.15, 0.2) is 0 Å². The van der Waals surface area contributed by atoms with Gasteiger partial charge in [0.25, 0.3) is 0 Å². The summed E-state index contributed by atoms with van der Waals surface area (Å²) in [5.41, 5.74) is 2.83. The van der Waals surface area contributed by atoms with Crippen LogP contribution in [-0.2, 0) is 6.54 Å². The molecular weight excluding hydrogens is 324 g/mol. The fraction of sp³-hybridized carbons (Fsp3) is 0.318. The number of hydrogen-bond donors (Lipinski definition) is 1. The molecule has 4 heteroatoms. The van der Waals surface area contributed by atoms with E-state index in [0.717, 1.165) is 49.3 Å². The Balaban J connectivity index is 1.43. The van der Waals surface area contributed by atoms with E-state index in [0.29, 0.717) is 5.52 Å². The third kappa shape index (κ3) is 3.65. The van der Waals surface area contributed by atoms with Gasteiger partial charge in [-0.25, -0.2) is 4.98 Å². The molecule has 3 aromatic rings. The number of phenols is 1. The lowest BCUT2D eigenvalue weighted by atomic mass is 10.1. The van der Waals surface area contributed by atoms with Crippen LogP contribution < -0.4 is 4.74 Å². The number of hydrogen-bond acceptors (Lipinski definition) is 4. The SMILES string of the molecule is Cc1cc(OC2CCN(Cc3ccccc3)CC2)c2cccc(O)c2n1. The van der Waals surface area contributed by atoms with Crippen molar-refractivity contribution in [2.24, 2.45) is 0 Å². The first-order valence-corrected chi connectivity index (χ1v) is 9.21. The van der Waals surface area contributed by atoms with Crippen molar-refractivity contribution in [3.05, 3.63) is 65.9 Å². The average Bonchev–Trinajstić information content (AvgIpc) is 2.65. The van der Waals surface area contributed by atoms with Gasteiger partial charge in [-0.05, 0) is 37.5 Å². The van der Waals surface area contributed by atoms with Crippen LogP contribution in [0.4, 0.5) is 0 Å². The maximum atomic E-state index is 10.1. The van der Waals surface area contributed by atoms with Gasteiger partial charge in [-0.1, -0.05) is 36.4 Å². The fourth-order valence-corrected chi connectivity index (χ4v) is 3.63. The Morgan fingerprint density at radius 1 is 1.08 bits per heavy atom. The van der Waals surface area contributed by atoms with E-state index in [1.807, 2.05) is 25.1 Å². The van der Waals surface area contributed by atoms with Gasteiger partial charge in [0.1, 0.15) is 23.1 Å². The van der Waals surface area contributed by atoms with Gasteiger partial charge in [-0.3, -0.25) is 4.90 Å². The summed E-state index contributed by atoms with van der Waals surface area (Å²) in [6, 6.07) is 18.0. The van der Waals surface area contributed by atoms with Crippen LogP contribution in [0.1, 0.15) is 24.1 Å². The van der Waals surface area contributed by atoms with Crippen LogP contribution in [-0.4, -0.2) is 34.2 Å². The predicted molar refractivity (Wildman–Crippen MR) is 104 cm³/mol. The molecule has 1 aliphatic rings. The molecule has 134 valence electrons. The molecule has 0 radical (unpaired) electrons. The van der Waals surface area contributed by atoms with Crippen molar-refractivity contribution >= 4 is 10.9 Å². The molecule has 0 spiro atoms. The Kier molecular flexibility index (Phi) is 4.76. The molecule has 2 heterocycles. The van der Waals surface area contributed by atoms with E-state index in [2.05, 4.69) is 40.2 Å². The maximum Gasteiger partial charge on any atom is 0.141 e. The molecule has 0 atom stereocenters. The van der Waals surface area contributed by atoms with Crippen molar-refractivity contribution in [3.63, 3.8) is 0 Å². The number of rotatable bonds is 4. The summed E-state index contributed by atoms with van der Waals surface area (Å²) in [4.78, 5) is 6.93. The molecule has 26 heavy (non-hydrogen) atoms. The molecule has 4 nitrogen and oxygen atoms in total. The maximum absolute atomic E-state index is 10.1. The smallest absolute Gasteiger partial charge is 0.141 e. The molecular formula is C22H24N2O2. The summed E-state index contributed by atoms with van der Waals surface area (Å²) in [7, 11) is 0. The molecule has 1 saturated heterocycles. The highest BCUT2D eigenvalue weighted by molar-refractivity contribution is 5.89. The average molecular weight is 348 g/mol. The van der Waals surface area contributed by atoms with Gasteiger partial charge < -0.3 is 9.84 Å². The number of para-hydroxylation sites is 1. The minimum Gasteiger partial charge on any atom is -0.506 e. The Labute approximate surface area is 154 Å². The second-order valence-corrected chi connectivity index (χ2v) is 7.01. The van der Waals surface area contributed by atoms with Crippen LogP contribution in [0.3, 0.4) is 0 Å². The van der Waals surface area contributed by atoms with Crippen LogP contribution in [0.5, 0.6) is 11.5 Å². The third-order valence-corrected chi connectivity index (χ3v) is 4.99. The van der Waals surface area contributed by atoms with Crippen molar-refractivity contribution in [3.8, 4) is 11.5 Å². The quantitative estimate of drug-likeness (QED) is 0.764. The summed E-state index contributed by atoms with van der Waals surface area (Å²) in [5, 5.41) is 11.0. The topological polar surface area (TPSA) is 45.6 Å². The summed E-state index contributed by atoms with van der Waals surface area (Å²) in [6.45, 7) is 5.00. The number of fused-ring (bicyclic) bond motifs is 1. The van der Waals surface area contributed by atoms with Crippen LogP contribution in [0.2, 0.25) is 0 Å². The molecule has 4 rings (SSSR count). The Morgan fingerprint density at radius 3 is 2.62 bits per heavy atom. The fourth-order valence-electron chi connectivity index (χ4n) is 3.63. The molecule has 1 aliphatic heterocycles. The van der Waals surface area contributed by atoms with Crippen LogP contribution in [0.25, 0.3) is 10.9 Å². The summed E-state index contributed by atoms with van der Waals surface area (Å²) >= 11 is 0. The molecule has 1 fully saturated rings. The number of benzene rings is 2. The number of likely N-dealkylation sites (tertiary alicyclic amines) is 1. The molecule has 1 aromatic heterocycles. The number of piperidine rings is 1. The monoisotopic (exact) mass is 348 g/mol. The van der Waals surface area contributed by atoms with Crippen molar-refractivity contribution in [1.82, 2.24) is 9.88 Å². The van der Waals surface area contributed by atoms with Crippen molar-refractivity contribution in [1.29, 1.82) is 0 Å². The number of phenolic OH excluding ortho intramolecular Hbond substituents is 1. The summed E-state index contributed by atoms with van der Waals surface area (Å²) < 4.78 is 6.33. The normalized spacial score (nSPS) is 16.0. The van der Waals surface area contributed by atoms with Gasteiger partial charge in [0.05, 0.1) is 0 Å². The largest absolute Gasteiger partial charge is 0.506 e. The van der Waals surface area contributed by atoms with Crippen LogP contribution >= 0.6 is 0 Å². The first-order chi connectivity index (χ1) is 12.7.